The summed E-state index contributed by atoms with van der Waals surface area (Å²) >= 11 is 0. The van der Waals surface area contributed by atoms with Crippen LogP contribution in [-0.4, -0.2) is 23.6 Å². The number of nitrogens with zero attached hydrogens (tertiary/aromatic N) is 1. The van der Waals surface area contributed by atoms with E-state index in [0.29, 0.717) is 5.56 Å². The molecule has 1 heterocycles. The van der Waals surface area contributed by atoms with E-state index in [4.69, 9.17) is 0 Å². The maximum atomic E-state index is 11.3. The molecule has 0 aliphatic heterocycles. The fourth-order valence-electron chi connectivity index (χ4n) is 0.802. The van der Waals surface area contributed by atoms with Crippen molar-refractivity contribution in [3.8, 4) is 0 Å². The zero-order valence-electron chi connectivity index (χ0n) is 7.69. The molecule has 0 aliphatic rings. The fraction of sp³-hybridized carbons (Fsp3) is 0.222. The minimum Gasteiger partial charge on any atom is -0.445 e. The highest BCUT2D eigenvalue weighted by Crippen LogP contribution is 1.94. The minimum atomic E-state index is -0.434. The van der Waals surface area contributed by atoms with Gasteiger partial charge in [-0.2, -0.15) is 0 Å². The third-order valence-corrected chi connectivity index (χ3v) is 1.43. The maximum absolute atomic E-state index is 11.3. The molecular formula is C9H10N2O3. The van der Waals surface area contributed by atoms with E-state index in [1.165, 1.54) is 13.1 Å². The van der Waals surface area contributed by atoms with E-state index in [-0.39, 0.29) is 12.6 Å². The van der Waals surface area contributed by atoms with Crippen molar-refractivity contribution in [2.45, 2.75) is 6.92 Å². The zero-order valence-corrected chi connectivity index (χ0v) is 7.69. The minimum absolute atomic E-state index is 0.122. The summed E-state index contributed by atoms with van der Waals surface area (Å²) in [5.74, 6) is -0.754. The van der Waals surface area contributed by atoms with Gasteiger partial charge in [0.1, 0.15) is 0 Å². The van der Waals surface area contributed by atoms with Crippen LogP contribution in [0.15, 0.2) is 24.5 Å². The molecular weight excluding hydrogens is 184 g/mol. The highest BCUT2D eigenvalue weighted by atomic mass is 16.5. The van der Waals surface area contributed by atoms with Crippen molar-refractivity contribution in [3.05, 3.63) is 30.1 Å². The van der Waals surface area contributed by atoms with Crippen LogP contribution in [0, 0.1) is 0 Å². The Hall–Kier alpha value is -1.91. The van der Waals surface area contributed by atoms with Crippen LogP contribution in [0.1, 0.15) is 17.3 Å². The van der Waals surface area contributed by atoms with Gasteiger partial charge in [-0.25, -0.2) is 0 Å². The molecule has 0 fully saturated rings. The van der Waals surface area contributed by atoms with E-state index in [0.717, 1.165) is 0 Å². The molecule has 0 atom stereocenters. The molecule has 0 spiro atoms. The number of rotatable bonds is 3. The largest absolute Gasteiger partial charge is 0.445 e. The lowest BCUT2D eigenvalue weighted by Crippen LogP contribution is -2.27. The summed E-state index contributed by atoms with van der Waals surface area (Å²) in [6.07, 6.45) is 3.01. The zero-order chi connectivity index (χ0) is 10.4. The van der Waals surface area contributed by atoms with E-state index in [9.17, 15) is 9.59 Å². The van der Waals surface area contributed by atoms with E-state index >= 15 is 0 Å². The first-order chi connectivity index (χ1) is 6.70. The summed E-state index contributed by atoms with van der Waals surface area (Å²) in [5.41, 5.74) is 0.430. The van der Waals surface area contributed by atoms with E-state index in [1.807, 2.05) is 0 Å². The standard InChI is InChI=1S/C9H10N2O3/c1-7(12)14-6-11-9(13)8-3-2-4-10-5-8/h2-5H,6H2,1H3,(H,11,13). The van der Waals surface area contributed by atoms with Crippen molar-refractivity contribution in [1.82, 2.24) is 10.3 Å². The van der Waals surface area contributed by atoms with Gasteiger partial charge in [0.05, 0.1) is 5.56 Å². The number of esters is 1. The third-order valence-electron chi connectivity index (χ3n) is 1.43. The van der Waals surface area contributed by atoms with Crippen LogP contribution < -0.4 is 5.32 Å². The summed E-state index contributed by atoms with van der Waals surface area (Å²) in [7, 11) is 0. The molecule has 14 heavy (non-hydrogen) atoms. The number of ether oxygens (including phenoxy) is 1. The molecule has 0 aliphatic carbocycles. The van der Waals surface area contributed by atoms with Crippen LogP contribution in [0.4, 0.5) is 0 Å². The van der Waals surface area contributed by atoms with Gasteiger partial charge in [0, 0.05) is 19.3 Å². The van der Waals surface area contributed by atoms with E-state index in [1.54, 1.807) is 18.3 Å². The number of aromatic nitrogens is 1. The molecule has 74 valence electrons. The molecule has 1 aromatic heterocycles. The second-order valence-electron chi connectivity index (χ2n) is 2.53. The quantitative estimate of drug-likeness (QED) is 0.556. The molecule has 0 unspecified atom stereocenters. The summed E-state index contributed by atoms with van der Waals surface area (Å²) in [5, 5.41) is 2.41. The Morgan fingerprint density at radius 3 is 2.93 bits per heavy atom. The van der Waals surface area contributed by atoms with Gasteiger partial charge in [-0.1, -0.05) is 0 Å². The molecule has 1 amide bonds. The Morgan fingerprint density at radius 1 is 1.57 bits per heavy atom. The normalized spacial score (nSPS) is 9.21. The van der Waals surface area contributed by atoms with Crippen molar-refractivity contribution in [2.75, 3.05) is 6.73 Å². The first-order valence-electron chi connectivity index (χ1n) is 4.02. The average molecular weight is 194 g/mol. The van der Waals surface area contributed by atoms with Crippen LogP contribution >= 0.6 is 0 Å². The lowest BCUT2D eigenvalue weighted by atomic mass is 10.3. The predicted molar refractivity (Wildman–Crippen MR) is 48.3 cm³/mol. The SMILES string of the molecule is CC(=O)OCNC(=O)c1cccnc1. The lowest BCUT2D eigenvalue weighted by molar-refractivity contribution is -0.141. The molecule has 1 aromatic rings. The van der Waals surface area contributed by atoms with Crippen LogP contribution in [0.2, 0.25) is 0 Å². The second kappa shape index (κ2) is 4.96. The first-order valence-corrected chi connectivity index (χ1v) is 4.02. The summed E-state index contributed by atoms with van der Waals surface area (Å²) in [6.45, 7) is 1.15. The smallest absolute Gasteiger partial charge is 0.304 e. The number of pyridine rings is 1. The molecule has 5 heteroatoms. The van der Waals surface area contributed by atoms with Gasteiger partial charge in [-0.15, -0.1) is 0 Å². The second-order valence-corrected chi connectivity index (χ2v) is 2.53. The monoisotopic (exact) mass is 194 g/mol. The Labute approximate surface area is 81.1 Å². The van der Waals surface area contributed by atoms with Crippen LogP contribution in [-0.2, 0) is 9.53 Å². The highest BCUT2D eigenvalue weighted by molar-refractivity contribution is 5.93. The topological polar surface area (TPSA) is 68.3 Å². The van der Waals surface area contributed by atoms with Crippen molar-refractivity contribution < 1.29 is 14.3 Å². The summed E-state index contributed by atoms with van der Waals surface area (Å²) in [6, 6.07) is 3.27. The van der Waals surface area contributed by atoms with Gasteiger partial charge in [0.2, 0.25) is 0 Å². The van der Waals surface area contributed by atoms with Gasteiger partial charge in [-0.3, -0.25) is 14.6 Å². The molecule has 0 bridgehead atoms. The van der Waals surface area contributed by atoms with Gasteiger partial charge in [0.15, 0.2) is 6.73 Å². The maximum Gasteiger partial charge on any atom is 0.304 e. The van der Waals surface area contributed by atoms with Crippen molar-refractivity contribution in [3.63, 3.8) is 0 Å². The summed E-state index contributed by atoms with van der Waals surface area (Å²) in [4.78, 5) is 25.4. The van der Waals surface area contributed by atoms with Crippen LogP contribution in [0.5, 0.6) is 0 Å². The molecule has 1 N–H and O–H groups in total. The Bertz CT molecular complexity index is 324. The van der Waals surface area contributed by atoms with Crippen molar-refractivity contribution in [2.24, 2.45) is 0 Å². The molecule has 5 nitrogen and oxygen atoms in total. The van der Waals surface area contributed by atoms with Gasteiger partial charge in [0.25, 0.3) is 5.91 Å². The number of hydrogen-bond acceptors (Lipinski definition) is 4. The number of hydrogen-bond donors (Lipinski definition) is 1. The number of nitrogens with one attached hydrogen (secondary N) is 1. The summed E-state index contributed by atoms with van der Waals surface area (Å²) < 4.78 is 4.54. The van der Waals surface area contributed by atoms with Crippen molar-refractivity contribution >= 4 is 11.9 Å². The molecule has 1 rings (SSSR count). The molecule has 0 radical (unpaired) electrons. The van der Waals surface area contributed by atoms with E-state index in [2.05, 4.69) is 15.0 Å². The number of amides is 1. The predicted octanol–water partition coefficient (Wildman–Crippen LogP) is 0.332. The lowest BCUT2D eigenvalue weighted by Gasteiger charge is -2.03. The third kappa shape index (κ3) is 3.22. The van der Waals surface area contributed by atoms with Crippen LogP contribution in [0.3, 0.4) is 0 Å². The van der Waals surface area contributed by atoms with Gasteiger partial charge in [-0.05, 0) is 12.1 Å². The highest BCUT2D eigenvalue weighted by Gasteiger charge is 2.03. The number of carbonyl (C=O) groups excluding carboxylic acids is 2. The van der Waals surface area contributed by atoms with Gasteiger partial charge >= 0.3 is 5.97 Å². The van der Waals surface area contributed by atoms with Crippen molar-refractivity contribution in [1.29, 1.82) is 0 Å². The average Bonchev–Trinajstić information content (AvgIpc) is 2.18. The Kier molecular flexibility index (Phi) is 3.60. The number of carbonyl (C=O) groups is 2. The van der Waals surface area contributed by atoms with Crippen LogP contribution in [0.25, 0.3) is 0 Å². The molecule has 0 saturated heterocycles. The molecule has 0 aromatic carbocycles. The fourth-order valence-corrected chi connectivity index (χ4v) is 0.802. The van der Waals surface area contributed by atoms with E-state index < -0.39 is 5.97 Å². The molecule has 0 saturated carbocycles. The first kappa shape index (κ1) is 10.2. The van der Waals surface area contributed by atoms with Gasteiger partial charge < -0.3 is 10.1 Å². The Balaban J connectivity index is 2.40. The Morgan fingerprint density at radius 2 is 2.36 bits per heavy atom.